The molecule has 0 saturated heterocycles. The van der Waals surface area contributed by atoms with Crippen molar-refractivity contribution in [3.63, 3.8) is 0 Å². The van der Waals surface area contributed by atoms with Gasteiger partial charge in [0, 0.05) is 11.1 Å². The van der Waals surface area contributed by atoms with Crippen molar-refractivity contribution in [3.05, 3.63) is 71.8 Å². The van der Waals surface area contributed by atoms with E-state index >= 15 is 0 Å². The van der Waals surface area contributed by atoms with Gasteiger partial charge < -0.3 is 30.0 Å². The summed E-state index contributed by atoms with van der Waals surface area (Å²) in [6.07, 6.45) is 0. The van der Waals surface area contributed by atoms with Gasteiger partial charge in [0.1, 0.15) is 0 Å². The molecule has 2 N–H and O–H groups in total. The zero-order chi connectivity index (χ0) is 19.5. The largest absolute Gasteiger partial charge is 0.546 e. The minimum Gasteiger partial charge on any atom is -0.546 e. The van der Waals surface area contributed by atoms with E-state index in [1.54, 1.807) is 0 Å². The van der Waals surface area contributed by atoms with E-state index in [9.17, 15) is 39.6 Å². The maximum atomic E-state index is 12.5. The van der Waals surface area contributed by atoms with Gasteiger partial charge in [0.2, 0.25) is 22.8 Å². The Morgan fingerprint density at radius 1 is 0.615 bits per heavy atom. The summed E-state index contributed by atoms with van der Waals surface area (Å²) in [5.74, 6) is -8.81. The van der Waals surface area contributed by atoms with E-state index in [4.69, 9.17) is 0 Å². The van der Waals surface area contributed by atoms with Crippen molar-refractivity contribution in [3.8, 4) is 0 Å². The van der Waals surface area contributed by atoms with Gasteiger partial charge in [0.15, 0.2) is 0 Å². The second-order valence-corrected chi connectivity index (χ2v) is 5.39. The fraction of sp³-hybridized carbons (Fsp3) is 0.111. The van der Waals surface area contributed by atoms with Gasteiger partial charge in [0.05, 0.1) is 11.9 Å². The molecule has 0 aromatic heterocycles. The Hall–Kier alpha value is -3.36. The summed E-state index contributed by atoms with van der Waals surface area (Å²) in [7, 11) is 0. The van der Waals surface area contributed by atoms with Crippen LogP contribution in [0.15, 0.2) is 60.7 Å². The molecule has 26 heavy (non-hydrogen) atoms. The predicted molar refractivity (Wildman–Crippen MR) is 81.5 cm³/mol. The van der Waals surface area contributed by atoms with Crippen LogP contribution in [-0.4, -0.2) is 44.9 Å². The van der Waals surface area contributed by atoms with Crippen molar-refractivity contribution >= 4 is 23.5 Å². The first-order valence-electron chi connectivity index (χ1n) is 7.24. The summed E-state index contributed by atoms with van der Waals surface area (Å²) in [5.41, 5.74) is -9.17. The number of hydrogen-bond acceptors (Lipinski definition) is 8. The molecule has 8 heteroatoms. The Morgan fingerprint density at radius 3 is 1.12 bits per heavy atom. The van der Waals surface area contributed by atoms with E-state index in [1.807, 2.05) is 0 Å². The van der Waals surface area contributed by atoms with Crippen molar-refractivity contribution in [1.29, 1.82) is 0 Å². The van der Waals surface area contributed by atoms with E-state index in [1.165, 1.54) is 36.4 Å². The highest BCUT2D eigenvalue weighted by Crippen LogP contribution is 2.30. The van der Waals surface area contributed by atoms with Gasteiger partial charge in [0.25, 0.3) is 0 Å². The van der Waals surface area contributed by atoms with Gasteiger partial charge in [-0.25, -0.2) is 0 Å². The van der Waals surface area contributed by atoms with Crippen molar-refractivity contribution in [2.24, 2.45) is 0 Å². The molecule has 0 amide bonds. The molecule has 8 nitrogen and oxygen atoms in total. The van der Waals surface area contributed by atoms with Crippen LogP contribution in [0, 0.1) is 0 Å². The van der Waals surface area contributed by atoms with Crippen LogP contribution in [0.3, 0.4) is 0 Å². The molecule has 0 fully saturated rings. The second-order valence-electron chi connectivity index (χ2n) is 5.39. The Labute approximate surface area is 147 Å². The molecule has 2 rings (SSSR count). The number of carbonyl (C=O) groups is 4. The highest BCUT2D eigenvalue weighted by Gasteiger charge is 2.62. The second kappa shape index (κ2) is 6.87. The number of benzene rings is 2. The molecule has 134 valence electrons. The summed E-state index contributed by atoms with van der Waals surface area (Å²) in [6, 6.07) is 12.4. The molecule has 2 aromatic carbocycles. The standard InChI is InChI=1S/C18H14O8/c19-13(11-7-3-1-4-8-11)17(25,15(21)22)18(26,16(23)24)14(20)12-9-5-2-6-10-12/h1-10,25-26H,(H,21,22)(H,23,24)/p-2. The Bertz CT molecular complexity index is 788. The fourth-order valence-corrected chi connectivity index (χ4v) is 2.41. The Morgan fingerprint density at radius 2 is 0.885 bits per heavy atom. The van der Waals surface area contributed by atoms with Crippen LogP contribution < -0.4 is 10.2 Å². The zero-order valence-electron chi connectivity index (χ0n) is 13.1. The number of carboxylic acids is 2. The quantitative estimate of drug-likeness (QED) is 0.415. The van der Waals surface area contributed by atoms with Crippen LogP contribution in [0.5, 0.6) is 0 Å². The third-order valence-corrected chi connectivity index (χ3v) is 3.84. The SMILES string of the molecule is O=C([O-])C(O)(C(=O)c1ccccc1)C(O)(C(=O)[O-])C(=O)c1ccccc1. The van der Waals surface area contributed by atoms with Crippen LogP contribution in [0.2, 0.25) is 0 Å². The molecule has 0 radical (unpaired) electrons. The van der Waals surface area contributed by atoms with Gasteiger partial charge in [-0.1, -0.05) is 60.7 Å². The lowest BCUT2D eigenvalue weighted by Crippen LogP contribution is -2.76. The molecule has 0 heterocycles. The highest BCUT2D eigenvalue weighted by atomic mass is 16.5. The Kier molecular flexibility index (Phi) is 5.01. The molecule has 0 bridgehead atoms. The van der Waals surface area contributed by atoms with E-state index in [2.05, 4.69) is 0 Å². The lowest BCUT2D eigenvalue weighted by molar-refractivity contribution is -0.346. The summed E-state index contributed by atoms with van der Waals surface area (Å²) in [5, 5.41) is 43.9. The lowest BCUT2D eigenvalue weighted by atomic mass is 9.73. The molecule has 0 aliphatic rings. The van der Waals surface area contributed by atoms with Crippen LogP contribution in [0.25, 0.3) is 0 Å². The van der Waals surface area contributed by atoms with Crippen molar-refractivity contribution in [1.82, 2.24) is 0 Å². The third-order valence-electron chi connectivity index (χ3n) is 3.84. The average molecular weight is 356 g/mol. The van der Waals surface area contributed by atoms with Gasteiger partial charge in [-0.3, -0.25) is 9.59 Å². The molecular weight excluding hydrogens is 344 g/mol. The van der Waals surface area contributed by atoms with Crippen molar-refractivity contribution < 1.29 is 39.6 Å². The first kappa shape index (κ1) is 19.0. The first-order valence-corrected chi connectivity index (χ1v) is 7.24. The topological polar surface area (TPSA) is 155 Å². The van der Waals surface area contributed by atoms with Crippen molar-refractivity contribution in [2.45, 2.75) is 11.2 Å². The monoisotopic (exact) mass is 356 g/mol. The van der Waals surface area contributed by atoms with E-state index in [-0.39, 0.29) is 0 Å². The molecule has 2 atom stereocenters. The van der Waals surface area contributed by atoms with Gasteiger partial charge in [-0.15, -0.1) is 0 Å². The fourth-order valence-electron chi connectivity index (χ4n) is 2.41. The lowest BCUT2D eigenvalue weighted by Gasteiger charge is -2.42. The third kappa shape index (κ3) is 2.77. The Balaban J connectivity index is 2.71. The number of hydrogen-bond donors (Lipinski definition) is 2. The average Bonchev–Trinajstić information content (AvgIpc) is 2.66. The number of rotatable bonds is 7. The first-order chi connectivity index (χ1) is 12.2. The number of carbonyl (C=O) groups excluding carboxylic acids is 4. The maximum absolute atomic E-state index is 12.5. The van der Waals surface area contributed by atoms with Gasteiger partial charge in [-0.05, 0) is 0 Å². The number of Topliss-reactive ketones (excluding diaryl/α,β-unsaturated/α-hetero) is 2. The minimum atomic E-state index is -4.12. The van der Waals surface area contributed by atoms with E-state index in [0.29, 0.717) is 0 Å². The highest BCUT2D eigenvalue weighted by molar-refractivity contribution is 6.27. The molecule has 2 aromatic rings. The zero-order valence-corrected chi connectivity index (χ0v) is 13.1. The molecule has 0 aliphatic carbocycles. The van der Waals surface area contributed by atoms with E-state index < -0.39 is 45.8 Å². The number of ketones is 2. The van der Waals surface area contributed by atoms with Crippen LogP contribution in [0.1, 0.15) is 20.7 Å². The molecule has 2 unspecified atom stereocenters. The summed E-state index contributed by atoms with van der Waals surface area (Å²) in [6.45, 7) is 0. The summed E-state index contributed by atoms with van der Waals surface area (Å²) in [4.78, 5) is 48.1. The number of aliphatic carboxylic acids is 2. The van der Waals surface area contributed by atoms with Crippen LogP contribution in [0.4, 0.5) is 0 Å². The predicted octanol–water partition coefficient (Wildman–Crippen LogP) is -2.29. The van der Waals surface area contributed by atoms with Crippen molar-refractivity contribution in [2.75, 3.05) is 0 Å². The van der Waals surface area contributed by atoms with Gasteiger partial charge in [-0.2, -0.15) is 0 Å². The normalized spacial score (nSPS) is 15.3. The van der Waals surface area contributed by atoms with Crippen LogP contribution >= 0.6 is 0 Å². The number of carboxylic acid groups (broad SMARTS) is 2. The van der Waals surface area contributed by atoms with Crippen LogP contribution in [-0.2, 0) is 9.59 Å². The number of aliphatic hydroxyl groups is 2. The molecule has 0 aliphatic heterocycles. The summed E-state index contributed by atoms with van der Waals surface area (Å²) >= 11 is 0. The van der Waals surface area contributed by atoms with E-state index in [0.717, 1.165) is 24.3 Å². The van der Waals surface area contributed by atoms with Gasteiger partial charge >= 0.3 is 0 Å². The maximum Gasteiger partial charge on any atom is 0.209 e. The smallest absolute Gasteiger partial charge is 0.209 e. The molecular formula is C18H12O8-2. The molecule has 0 spiro atoms. The summed E-state index contributed by atoms with van der Waals surface area (Å²) < 4.78 is 0. The minimum absolute atomic E-state index is 0.459. The molecule has 0 saturated carbocycles.